The molecule has 1 heterocycles. The van der Waals surface area contributed by atoms with Gasteiger partial charge >= 0.3 is 6.18 Å². The molecule has 0 aliphatic heterocycles. The van der Waals surface area contributed by atoms with Crippen molar-refractivity contribution in [1.29, 1.82) is 0 Å². The van der Waals surface area contributed by atoms with Gasteiger partial charge < -0.3 is 5.73 Å². The minimum absolute atomic E-state index is 0.337. The molecular weight excluding hydrogens is 255 g/mol. The fourth-order valence-electron chi connectivity index (χ4n) is 2.49. The molecule has 0 saturated carbocycles. The third kappa shape index (κ3) is 1.97. The van der Waals surface area contributed by atoms with E-state index in [0.29, 0.717) is 35.5 Å². The fraction of sp³-hybridized carbons (Fsp3) is 0.308. The molecule has 100 valence electrons. The Morgan fingerprint density at radius 3 is 2.42 bits per heavy atom. The standard InChI is InChI=1S/C13H12F3N3/c14-13(15,16)12-10-2-1-3-11(10)19(18-12)9-6-4-8(17)5-7-9/h4-7H,1-3,17H2. The lowest BCUT2D eigenvalue weighted by molar-refractivity contribution is -0.141. The van der Waals surface area contributed by atoms with Gasteiger partial charge in [-0.15, -0.1) is 0 Å². The van der Waals surface area contributed by atoms with Gasteiger partial charge in [-0.2, -0.15) is 18.3 Å². The molecule has 0 amide bonds. The summed E-state index contributed by atoms with van der Waals surface area (Å²) in [4.78, 5) is 0. The van der Waals surface area contributed by atoms with Crippen LogP contribution in [-0.4, -0.2) is 9.78 Å². The average Bonchev–Trinajstić information content (AvgIpc) is 2.89. The van der Waals surface area contributed by atoms with E-state index >= 15 is 0 Å². The first-order valence-corrected chi connectivity index (χ1v) is 6.00. The maximum Gasteiger partial charge on any atom is 0.435 e. The average molecular weight is 267 g/mol. The summed E-state index contributed by atoms with van der Waals surface area (Å²) in [6.45, 7) is 0. The van der Waals surface area contributed by atoms with Crippen molar-refractivity contribution in [1.82, 2.24) is 9.78 Å². The highest BCUT2D eigenvalue weighted by Crippen LogP contribution is 2.37. The normalized spacial score (nSPS) is 14.7. The van der Waals surface area contributed by atoms with Gasteiger partial charge in [0.15, 0.2) is 5.69 Å². The van der Waals surface area contributed by atoms with E-state index in [1.165, 1.54) is 4.68 Å². The van der Waals surface area contributed by atoms with Gasteiger partial charge in [-0.3, -0.25) is 0 Å². The largest absolute Gasteiger partial charge is 0.435 e. The van der Waals surface area contributed by atoms with Crippen LogP contribution < -0.4 is 5.73 Å². The number of hydrogen-bond acceptors (Lipinski definition) is 2. The van der Waals surface area contributed by atoms with Crippen LogP contribution in [0.1, 0.15) is 23.4 Å². The minimum Gasteiger partial charge on any atom is -0.399 e. The Morgan fingerprint density at radius 1 is 1.11 bits per heavy atom. The molecule has 0 fully saturated rings. The second kappa shape index (κ2) is 4.01. The van der Waals surface area contributed by atoms with Crippen molar-refractivity contribution in [2.24, 2.45) is 0 Å². The summed E-state index contributed by atoms with van der Waals surface area (Å²) in [6, 6.07) is 6.68. The summed E-state index contributed by atoms with van der Waals surface area (Å²) in [5, 5.41) is 3.75. The second-order valence-corrected chi connectivity index (χ2v) is 4.63. The zero-order valence-electron chi connectivity index (χ0n) is 10.0. The molecule has 1 aliphatic rings. The molecule has 3 nitrogen and oxygen atoms in total. The summed E-state index contributed by atoms with van der Waals surface area (Å²) in [6.07, 6.45) is -2.58. The summed E-state index contributed by atoms with van der Waals surface area (Å²) < 4.78 is 40.2. The number of aromatic nitrogens is 2. The van der Waals surface area contributed by atoms with Gasteiger partial charge in [0.05, 0.1) is 5.69 Å². The zero-order chi connectivity index (χ0) is 13.6. The predicted molar refractivity (Wildman–Crippen MR) is 65.0 cm³/mol. The van der Waals surface area contributed by atoms with E-state index < -0.39 is 11.9 Å². The van der Waals surface area contributed by atoms with Crippen LogP contribution in [0, 0.1) is 0 Å². The zero-order valence-corrected chi connectivity index (χ0v) is 10.0. The summed E-state index contributed by atoms with van der Waals surface area (Å²) in [7, 11) is 0. The van der Waals surface area contributed by atoms with E-state index in [4.69, 9.17) is 5.73 Å². The number of fused-ring (bicyclic) bond motifs is 1. The van der Waals surface area contributed by atoms with Gasteiger partial charge in [-0.05, 0) is 43.5 Å². The molecular formula is C13H12F3N3. The Balaban J connectivity index is 2.15. The molecule has 19 heavy (non-hydrogen) atoms. The van der Waals surface area contributed by atoms with Crippen LogP contribution in [0.25, 0.3) is 5.69 Å². The van der Waals surface area contributed by atoms with E-state index in [1.807, 2.05) is 0 Å². The molecule has 1 aliphatic carbocycles. The Kier molecular flexibility index (Phi) is 2.55. The first kappa shape index (κ1) is 12.1. The lowest BCUT2D eigenvalue weighted by Crippen LogP contribution is -2.10. The molecule has 0 radical (unpaired) electrons. The Bertz CT molecular complexity index is 611. The number of alkyl halides is 3. The maximum absolute atomic E-state index is 12.9. The topological polar surface area (TPSA) is 43.8 Å². The summed E-state index contributed by atoms with van der Waals surface area (Å²) >= 11 is 0. The SMILES string of the molecule is Nc1ccc(-n2nc(C(F)(F)F)c3c2CCC3)cc1. The number of anilines is 1. The van der Waals surface area contributed by atoms with Crippen LogP contribution in [-0.2, 0) is 19.0 Å². The molecule has 0 saturated heterocycles. The van der Waals surface area contributed by atoms with Crippen LogP contribution >= 0.6 is 0 Å². The number of nitrogens with two attached hydrogens (primary N) is 1. The molecule has 0 atom stereocenters. The lowest BCUT2D eigenvalue weighted by Gasteiger charge is -2.06. The van der Waals surface area contributed by atoms with Crippen LogP contribution in [0.2, 0.25) is 0 Å². The van der Waals surface area contributed by atoms with Gasteiger partial charge in [0, 0.05) is 16.9 Å². The highest BCUT2D eigenvalue weighted by Gasteiger charge is 2.40. The third-order valence-electron chi connectivity index (χ3n) is 3.34. The number of nitrogens with zero attached hydrogens (tertiary/aromatic N) is 2. The number of halogens is 3. The molecule has 2 aromatic rings. The molecule has 3 rings (SSSR count). The van der Waals surface area contributed by atoms with Crippen LogP contribution in [0.5, 0.6) is 0 Å². The van der Waals surface area contributed by atoms with E-state index in [2.05, 4.69) is 5.10 Å². The van der Waals surface area contributed by atoms with Gasteiger partial charge in [0.25, 0.3) is 0 Å². The van der Waals surface area contributed by atoms with Gasteiger partial charge in [-0.1, -0.05) is 0 Å². The van der Waals surface area contributed by atoms with E-state index in [9.17, 15) is 13.2 Å². The smallest absolute Gasteiger partial charge is 0.399 e. The molecule has 1 aromatic carbocycles. The summed E-state index contributed by atoms with van der Waals surface area (Å²) in [5.41, 5.74) is 7.02. The maximum atomic E-state index is 12.9. The van der Waals surface area contributed by atoms with Crippen LogP contribution in [0.3, 0.4) is 0 Å². The van der Waals surface area contributed by atoms with E-state index in [1.54, 1.807) is 24.3 Å². The van der Waals surface area contributed by atoms with Crippen molar-refractivity contribution >= 4 is 5.69 Å². The number of nitrogen functional groups attached to an aromatic ring is 1. The van der Waals surface area contributed by atoms with E-state index in [0.717, 1.165) is 6.42 Å². The van der Waals surface area contributed by atoms with Gasteiger partial charge in [0.2, 0.25) is 0 Å². The number of hydrogen-bond donors (Lipinski definition) is 1. The first-order chi connectivity index (χ1) is 8.97. The molecule has 6 heteroatoms. The van der Waals surface area contributed by atoms with Crippen molar-refractivity contribution in [3.05, 3.63) is 41.2 Å². The van der Waals surface area contributed by atoms with Gasteiger partial charge in [0.1, 0.15) is 0 Å². The lowest BCUT2D eigenvalue weighted by atomic mass is 10.2. The van der Waals surface area contributed by atoms with Crippen molar-refractivity contribution < 1.29 is 13.2 Å². The predicted octanol–water partition coefficient (Wildman–Crippen LogP) is 2.96. The molecule has 0 unspecified atom stereocenters. The number of benzene rings is 1. The molecule has 1 aromatic heterocycles. The first-order valence-electron chi connectivity index (χ1n) is 6.00. The quantitative estimate of drug-likeness (QED) is 0.807. The van der Waals surface area contributed by atoms with Crippen molar-refractivity contribution in [3.63, 3.8) is 0 Å². The van der Waals surface area contributed by atoms with E-state index in [-0.39, 0.29) is 0 Å². The Hall–Kier alpha value is -1.98. The minimum atomic E-state index is -4.40. The second-order valence-electron chi connectivity index (χ2n) is 4.63. The Morgan fingerprint density at radius 2 is 1.79 bits per heavy atom. The van der Waals surface area contributed by atoms with Crippen molar-refractivity contribution in [3.8, 4) is 5.69 Å². The summed E-state index contributed by atoms with van der Waals surface area (Å²) in [5.74, 6) is 0. The molecule has 0 spiro atoms. The monoisotopic (exact) mass is 267 g/mol. The third-order valence-corrected chi connectivity index (χ3v) is 3.34. The highest BCUT2D eigenvalue weighted by atomic mass is 19.4. The van der Waals surface area contributed by atoms with Crippen molar-refractivity contribution in [2.75, 3.05) is 5.73 Å². The molecule has 0 bridgehead atoms. The fourth-order valence-corrected chi connectivity index (χ4v) is 2.49. The van der Waals surface area contributed by atoms with Crippen LogP contribution in [0.4, 0.5) is 18.9 Å². The van der Waals surface area contributed by atoms with Crippen molar-refractivity contribution in [2.45, 2.75) is 25.4 Å². The van der Waals surface area contributed by atoms with Crippen LogP contribution in [0.15, 0.2) is 24.3 Å². The van der Waals surface area contributed by atoms with Gasteiger partial charge in [-0.25, -0.2) is 4.68 Å². The number of rotatable bonds is 1. The highest BCUT2D eigenvalue weighted by molar-refractivity contribution is 5.47. The molecule has 2 N–H and O–H groups in total. The Labute approximate surface area is 107 Å².